The molecule has 0 aromatic heterocycles. The number of amides is 1. The number of Topliss-reactive ketones (excluding diaryl/α,β-unsaturated/α-hetero) is 1. The van der Waals surface area contributed by atoms with E-state index in [1.807, 2.05) is 43.0 Å². The maximum Gasteiger partial charge on any atom is 0.226 e. The van der Waals surface area contributed by atoms with Gasteiger partial charge in [0, 0.05) is 25.1 Å². The molecule has 110 valence electrons. The molecule has 0 N–H and O–H groups in total. The van der Waals surface area contributed by atoms with Crippen molar-refractivity contribution in [1.82, 2.24) is 0 Å². The van der Waals surface area contributed by atoms with Crippen molar-refractivity contribution in [1.29, 1.82) is 0 Å². The molecule has 0 heterocycles. The molecule has 0 saturated heterocycles. The molecule has 0 saturated carbocycles. The highest BCUT2D eigenvalue weighted by Gasteiger charge is 2.14. The Bertz CT molecular complexity index is 454. The number of carbonyl (C=O) groups excluding carboxylic acids is 2. The van der Waals surface area contributed by atoms with Gasteiger partial charge in [-0.25, -0.2) is 0 Å². The van der Waals surface area contributed by atoms with Gasteiger partial charge in [-0.1, -0.05) is 24.6 Å². The Morgan fingerprint density at radius 1 is 1.05 bits per heavy atom. The topological polar surface area (TPSA) is 37.4 Å². The summed E-state index contributed by atoms with van der Waals surface area (Å²) in [5.74, 6) is 0.399. The Balaban J connectivity index is 2.48. The first-order valence-corrected chi connectivity index (χ1v) is 7.41. The first-order chi connectivity index (χ1) is 9.56. The summed E-state index contributed by atoms with van der Waals surface area (Å²) in [6, 6.07) is 7.97. The molecule has 1 aromatic rings. The number of nitrogens with zero attached hydrogens (tertiary/aromatic N) is 1. The molecule has 1 aromatic carbocycles. The summed E-state index contributed by atoms with van der Waals surface area (Å²) in [5.41, 5.74) is 2.13. The highest BCUT2D eigenvalue weighted by Crippen LogP contribution is 2.20. The van der Waals surface area contributed by atoms with Crippen LogP contribution in [0.25, 0.3) is 0 Å². The van der Waals surface area contributed by atoms with E-state index in [0.717, 1.165) is 30.5 Å². The number of unbranched alkanes of at least 4 members (excludes halogenated alkanes) is 2. The van der Waals surface area contributed by atoms with Crippen molar-refractivity contribution >= 4 is 17.4 Å². The third-order valence-electron chi connectivity index (χ3n) is 3.44. The van der Waals surface area contributed by atoms with Crippen LogP contribution in [0.3, 0.4) is 0 Å². The molecular formula is C17H25NO2. The highest BCUT2D eigenvalue weighted by molar-refractivity contribution is 5.93. The lowest BCUT2D eigenvalue weighted by Gasteiger charge is -2.23. The Hall–Kier alpha value is -1.64. The molecule has 1 amide bonds. The fourth-order valence-electron chi connectivity index (χ4n) is 2.31. The number of carbonyl (C=O) groups is 2. The van der Waals surface area contributed by atoms with Crippen molar-refractivity contribution in [2.24, 2.45) is 0 Å². The molecule has 0 atom stereocenters. The molecule has 20 heavy (non-hydrogen) atoms. The van der Waals surface area contributed by atoms with Crippen LogP contribution < -0.4 is 4.90 Å². The molecule has 1 rings (SSSR count). The van der Waals surface area contributed by atoms with Gasteiger partial charge in [-0.2, -0.15) is 0 Å². The SMILES string of the molecule is CCN(C(=O)CCCCCC(C)=O)c1ccccc1C. The average molecular weight is 275 g/mol. The molecule has 0 radical (unpaired) electrons. The van der Waals surface area contributed by atoms with Gasteiger partial charge in [0.1, 0.15) is 5.78 Å². The lowest BCUT2D eigenvalue weighted by Crippen LogP contribution is -2.30. The summed E-state index contributed by atoms with van der Waals surface area (Å²) >= 11 is 0. The quantitative estimate of drug-likeness (QED) is 0.675. The third kappa shape index (κ3) is 5.16. The first-order valence-electron chi connectivity index (χ1n) is 7.41. The summed E-state index contributed by atoms with van der Waals surface area (Å²) < 4.78 is 0. The van der Waals surface area contributed by atoms with E-state index in [0.29, 0.717) is 19.4 Å². The monoisotopic (exact) mass is 275 g/mol. The van der Waals surface area contributed by atoms with Gasteiger partial charge in [0.2, 0.25) is 5.91 Å². The molecule has 0 aliphatic carbocycles. The standard InChI is InChI=1S/C17H25NO2/c1-4-18(16-12-9-8-10-14(16)2)17(20)13-7-5-6-11-15(3)19/h8-10,12H,4-7,11,13H2,1-3H3. The van der Waals surface area contributed by atoms with Gasteiger partial charge in [-0.15, -0.1) is 0 Å². The fraction of sp³-hybridized carbons (Fsp3) is 0.529. The maximum absolute atomic E-state index is 12.3. The first kappa shape index (κ1) is 16.4. The van der Waals surface area contributed by atoms with Crippen molar-refractivity contribution < 1.29 is 9.59 Å². The van der Waals surface area contributed by atoms with E-state index in [-0.39, 0.29) is 11.7 Å². The number of anilines is 1. The summed E-state index contributed by atoms with van der Waals surface area (Å²) in [6.45, 7) is 6.33. The largest absolute Gasteiger partial charge is 0.312 e. The predicted molar refractivity (Wildman–Crippen MR) is 83.0 cm³/mol. The van der Waals surface area contributed by atoms with Crippen LogP contribution in [-0.4, -0.2) is 18.2 Å². The molecule has 3 nitrogen and oxygen atoms in total. The molecular weight excluding hydrogens is 250 g/mol. The van der Waals surface area contributed by atoms with E-state index in [4.69, 9.17) is 0 Å². The van der Waals surface area contributed by atoms with Crippen molar-refractivity contribution in [2.45, 2.75) is 52.9 Å². The smallest absolute Gasteiger partial charge is 0.226 e. The summed E-state index contributed by atoms with van der Waals surface area (Å²) in [6.07, 6.45) is 3.87. The Kier molecular flexibility index (Phi) is 6.99. The van der Waals surface area contributed by atoms with Crippen LogP contribution in [0.4, 0.5) is 5.69 Å². The van der Waals surface area contributed by atoms with E-state index in [1.54, 1.807) is 6.92 Å². The minimum Gasteiger partial charge on any atom is -0.312 e. The van der Waals surface area contributed by atoms with Crippen LogP contribution in [0.1, 0.15) is 51.5 Å². The van der Waals surface area contributed by atoms with E-state index in [1.165, 1.54) is 0 Å². The summed E-state index contributed by atoms with van der Waals surface area (Å²) in [7, 11) is 0. The highest BCUT2D eigenvalue weighted by atomic mass is 16.2. The van der Waals surface area contributed by atoms with Gasteiger partial charge in [-0.3, -0.25) is 4.79 Å². The second kappa shape index (κ2) is 8.51. The lowest BCUT2D eigenvalue weighted by molar-refractivity contribution is -0.118. The number of hydrogen-bond donors (Lipinski definition) is 0. The Labute approximate surface area is 122 Å². The second-order valence-electron chi connectivity index (χ2n) is 5.19. The molecule has 0 aliphatic heterocycles. The number of ketones is 1. The van der Waals surface area contributed by atoms with E-state index >= 15 is 0 Å². The molecule has 0 bridgehead atoms. The van der Waals surface area contributed by atoms with Gasteiger partial charge in [-0.05, 0) is 45.2 Å². The lowest BCUT2D eigenvalue weighted by atomic mass is 10.1. The van der Waals surface area contributed by atoms with Gasteiger partial charge < -0.3 is 9.69 Å². The second-order valence-corrected chi connectivity index (χ2v) is 5.19. The fourth-order valence-corrected chi connectivity index (χ4v) is 2.31. The van der Waals surface area contributed by atoms with E-state index in [9.17, 15) is 9.59 Å². The number of rotatable bonds is 8. The summed E-state index contributed by atoms with van der Waals surface area (Å²) in [5, 5.41) is 0. The van der Waals surface area contributed by atoms with Gasteiger partial charge in [0.15, 0.2) is 0 Å². The van der Waals surface area contributed by atoms with Crippen LogP contribution in [0, 0.1) is 6.92 Å². The van der Waals surface area contributed by atoms with Gasteiger partial charge >= 0.3 is 0 Å². The maximum atomic E-state index is 12.3. The zero-order valence-electron chi connectivity index (χ0n) is 12.8. The Morgan fingerprint density at radius 2 is 1.70 bits per heavy atom. The van der Waals surface area contributed by atoms with Crippen molar-refractivity contribution in [3.63, 3.8) is 0 Å². The van der Waals surface area contributed by atoms with Crippen molar-refractivity contribution in [2.75, 3.05) is 11.4 Å². The van der Waals surface area contributed by atoms with E-state index in [2.05, 4.69) is 0 Å². The number of benzene rings is 1. The number of aryl methyl sites for hydroxylation is 1. The van der Waals surface area contributed by atoms with Crippen molar-refractivity contribution in [3.05, 3.63) is 29.8 Å². The third-order valence-corrected chi connectivity index (χ3v) is 3.44. The molecule has 0 spiro atoms. The zero-order chi connectivity index (χ0) is 15.0. The molecule has 0 unspecified atom stereocenters. The van der Waals surface area contributed by atoms with E-state index < -0.39 is 0 Å². The van der Waals surface area contributed by atoms with Gasteiger partial charge in [0.25, 0.3) is 0 Å². The van der Waals surface area contributed by atoms with Crippen LogP contribution >= 0.6 is 0 Å². The van der Waals surface area contributed by atoms with Crippen LogP contribution in [0.15, 0.2) is 24.3 Å². The van der Waals surface area contributed by atoms with Crippen LogP contribution in [0.2, 0.25) is 0 Å². The molecule has 0 aliphatic rings. The normalized spacial score (nSPS) is 10.3. The average Bonchev–Trinajstić information content (AvgIpc) is 2.41. The molecule has 0 fully saturated rings. The minimum absolute atomic E-state index is 0.171. The molecule has 3 heteroatoms. The van der Waals surface area contributed by atoms with Crippen LogP contribution in [-0.2, 0) is 9.59 Å². The number of hydrogen-bond acceptors (Lipinski definition) is 2. The predicted octanol–water partition coefficient (Wildman–Crippen LogP) is 3.89. The number of para-hydroxylation sites is 1. The summed E-state index contributed by atoms with van der Waals surface area (Å²) in [4.78, 5) is 25.0. The van der Waals surface area contributed by atoms with Gasteiger partial charge in [0.05, 0.1) is 0 Å². The van der Waals surface area contributed by atoms with Crippen molar-refractivity contribution in [3.8, 4) is 0 Å². The minimum atomic E-state index is 0.171. The van der Waals surface area contributed by atoms with Crippen LogP contribution in [0.5, 0.6) is 0 Å². The zero-order valence-corrected chi connectivity index (χ0v) is 12.8. The Morgan fingerprint density at radius 3 is 2.30 bits per heavy atom.